The number of Topliss-reactive ketones (excluding diaryl/α,β-unsaturated/α-hetero) is 1. The third kappa shape index (κ3) is 3.05. The van der Waals surface area contributed by atoms with Gasteiger partial charge in [-0.3, -0.25) is 4.79 Å². The lowest BCUT2D eigenvalue weighted by atomic mass is 10.0. The van der Waals surface area contributed by atoms with E-state index in [1.54, 1.807) is 19.1 Å². The Labute approximate surface area is 114 Å². The van der Waals surface area contributed by atoms with Crippen LogP contribution in [0.15, 0.2) is 46.9 Å². The second kappa shape index (κ2) is 5.44. The van der Waals surface area contributed by atoms with Crippen LogP contribution < -0.4 is 0 Å². The van der Waals surface area contributed by atoms with Crippen molar-refractivity contribution < 1.29 is 9.18 Å². The van der Waals surface area contributed by atoms with Crippen molar-refractivity contribution in [3.63, 3.8) is 0 Å². The lowest BCUT2D eigenvalue weighted by Gasteiger charge is -2.04. The maximum Gasteiger partial charge on any atom is 0.170 e. The molecule has 0 radical (unpaired) electrons. The molecule has 0 spiro atoms. The van der Waals surface area contributed by atoms with Gasteiger partial charge in [-0.15, -0.1) is 0 Å². The van der Waals surface area contributed by atoms with Gasteiger partial charge in [-0.2, -0.15) is 0 Å². The first-order valence-electron chi connectivity index (χ1n) is 5.60. The molecule has 18 heavy (non-hydrogen) atoms. The molecule has 2 aromatic rings. The number of carbonyl (C=O) groups excluding carboxylic acids is 1. The van der Waals surface area contributed by atoms with E-state index in [1.165, 1.54) is 6.07 Å². The summed E-state index contributed by atoms with van der Waals surface area (Å²) in [6.07, 6.45) is 0.216. The zero-order valence-electron chi connectivity index (χ0n) is 9.91. The van der Waals surface area contributed by atoms with Crippen LogP contribution in [0.5, 0.6) is 0 Å². The number of carbonyl (C=O) groups is 1. The molecule has 0 aliphatic rings. The standard InChI is InChI=1S/C15H12BrFO/c1-10-2-7-13(14(17)8-10)15(18)9-11-3-5-12(16)6-4-11/h2-8H,9H2,1H3. The van der Waals surface area contributed by atoms with Gasteiger partial charge >= 0.3 is 0 Å². The van der Waals surface area contributed by atoms with Crippen LogP contribution in [0.25, 0.3) is 0 Å². The molecule has 0 heterocycles. The normalized spacial score (nSPS) is 10.4. The maximum absolute atomic E-state index is 13.6. The second-order valence-electron chi connectivity index (χ2n) is 4.21. The predicted molar refractivity (Wildman–Crippen MR) is 73.3 cm³/mol. The molecule has 2 aromatic carbocycles. The average Bonchev–Trinajstić information content (AvgIpc) is 2.32. The van der Waals surface area contributed by atoms with Crippen molar-refractivity contribution in [2.24, 2.45) is 0 Å². The summed E-state index contributed by atoms with van der Waals surface area (Å²) >= 11 is 3.33. The zero-order valence-corrected chi connectivity index (χ0v) is 11.5. The van der Waals surface area contributed by atoms with Crippen LogP contribution in [0.4, 0.5) is 4.39 Å². The van der Waals surface area contributed by atoms with Crippen LogP contribution in [0.2, 0.25) is 0 Å². The monoisotopic (exact) mass is 306 g/mol. The van der Waals surface area contributed by atoms with Gasteiger partial charge in [-0.25, -0.2) is 4.39 Å². The van der Waals surface area contributed by atoms with Crippen LogP contribution >= 0.6 is 15.9 Å². The van der Waals surface area contributed by atoms with Crippen molar-refractivity contribution in [3.05, 3.63) is 69.4 Å². The van der Waals surface area contributed by atoms with Gasteiger partial charge in [0.25, 0.3) is 0 Å². The molecule has 0 aliphatic carbocycles. The van der Waals surface area contributed by atoms with Crippen LogP contribution in [0.3, 0.4) is 0 Å². The van der Waals surface area contributed by atoms with E-state index in [-0.39, 0.29) is 17.8 Å². The molecule has 2 rings (SSSR count). The molecule has 0 N–H and O–H groups in total. The van der Waals surface area contributed by atoms with Gasteiger partial charge in [0, 0.05) is 10.9 Å². The molecule has 0 bridgehead atoms. The molecule has 0 saturated carbocycles. The highest BCUT2D eigenvalue weighted by molar-refractivity contribution is 9.10. The SMILES string of the molecule is Cc1ccc(C(=O)Cc2ccc(Br)cc2)c(F)c1. The second-order valence-corrected chi connectivity index (χ2v) is 5.13. The highest BCUT2D eigenvalue weighted by Crippen LogP contribution is 2.15. The highest BCUT2D eigenvalue weighted by atomic mass is 79.9. The first kappa shape index (κ1) is 13.0. The Morgan fingerprint density at radius 1 is 1.17 bits per heavy atom. The average molecular weight is 307 g/mol. The summed E-state index contributed by atoms with van der Waals surface area (Å²) in [5.74, 6) is -0.646. The predicted octanol–water partition coefficient (Wildman–Crippen LogP) is 4.32. The molecule has 0 saturated heterocycles. The van der Waals surface area contributed by atoms with Crippen molar-refractivity contribution in [1.29, 1.82) is 0 Å². The maximum atomic E-state index is 13.6. The number of halogens is 2. The van der Waals surface area contributed by atoms with Crippen LogP contribution in [-0.4, -0.2) is 5.78 Å². The number of aryl methyl sites for hydroxylation is 1. The summed E-state index contributed by atoms with van der Waals surface area (Å²) in [5.41, 5.74) is 1.85. The third-order valence-electron chi connectivity index (χ3n) is 2.70. The lowest BCUT2D eigenvalue weighted by molar-refractivity contribution is 0.0989. The lowest BCUT2D eigenvalue weighted by Crippen LogP contribution is -2.06. The quantitative estimate of drug-likeness (QED) is 0.772. The van der Waals surface area contributed by atoms with Gasteiger partial charge in [0.2, 0.25) is 0 Å². The van der Waals surface area contributed by atoms with Gasteiger partial charge in [-0.05, 0) is 42.3 Å². The smallest absolute Gasteiger partial charge is 0.170 e. The number of hydrogen-bond donors (Lipinski definition) is 0. The Balaban J connectivity index is 2.19. The van der Waals surface area contributed by atoms with Crippen LogP contribution in [0, 0.1) is 12.7 Å². The van der Waals surface area contributed by atoms with Crippen LogP contribution in [-0.2, 0) is 6.42 Å². The molecule has 0 unspecified atom stereocenters. The van der Waals surface area contributed by atoms with Crippen LogP contribution in [0.1, 0.15) is 21.5 Å². The number of ketones is 1. The van der Waals surface area contributed by atoms with E-state index in [4.69, 9.17) is 0 Å². The zero-order chi connectivity index (χ0) is 13.1. The summed E-state index contributed by atoms with van der Waals surface area (Å²) < 4.78 is 14.6. The fraction of sp³-hybridized carbons (Fsp3) is 0.133. The van der Waals surface area contributed by atoms with Gasteiger partial charge in [0.15, 0.2) is 5.78 Å². The van der Waals surface area contributed by atoms with E-state index in [0.29, 0.717) is 0 Å². The van der Waals surface area contributed by atoms with Gasteiger partial charge in [-0.1, -0.05) is 34.1 Å². The molecule has 92 valence electrons. The largest absolute Gasteiger partial charge is 0.294 e. The topological polar surface area (TPSA) is 17.1 Å². The van der Waals surface area contributed by atoms with E-state index in [9.17, 15) is 9.18 Å². The molecule has 3 heteroatoms. The Hall–Kier alpha value is -1.48. The van der Waals surface area contributed by atoms with Crippen molar-refractivity contribution >= 4 is 21.7 Å². The van der Waals surface area contributed by atoms with E-state index in [2.05, 4.69) is 15.9 Å². The first-order chi connectivity index (χ1) is 8.56. The minimum Gasteiger partial charge on any atom is -0.294 e. The van der Waals surface area contributed by atoms with E-state index >= 15 is 0 Å². The van der Waals surface area contributed by atoms with Gasteiger partial charge in [0.1, 0.15) is 5.82 Å². The molecule has 0 fully saturated rings. The fourth-order valence-corrected chi connectivity index (χ4v) is 1.99. The van der Waals surface area contributed by atoms with Crippen molar-refractivity contribution in [2.45, 2.75) is 13.3 Å². The summed E-state index contributed by atoms with van der Waals surface area (Å²) in [4.78, 5) is 12.0. The Morgan fingerprint density at radius 3 is 2.44 bits per heavy atom. The molecule has 0 amide bonds. The summed E-state index contributed by atoms with van der Waals surface area (Å²) in [6.45, 7) is 1.80. The minimum absolute atomic E-state index is 0.156. The van der Waals surface area contributed by atoms with E-state index in [1.807, 2.05) is 24.3 Å². The van der Waals surface area contributed by atoms with Crippen molar-refractivity contribution in [1.82, 2.24) is 0 Å². The molecule has 1 nitrogen and oxygen atoms in total. The summed E-state index contributed by atoms with van der Waals surface area (Å²) in [7, 11) is 0. The third-order valence-corrected chi connectivity index (χ3v) is 3.23. The summed E-state index contributed by atoms with van der Waals surface area (Å²) in [6, 6.07) is 12.1. The van der Waals surface area contributed by atoms with E-state index in [0.717, 1.165) is 15.6 Å². The van der Waals surface area contributed by atoms with Crippen molar-refractivity contribution in [2.75, 3.05) is 0 Å². The van der Waals surface area contributed by atoms with E-state index < -0.39 is 5.82 Å². The molecule has 0 aromatic heterocycles. The van der Waals surface area contributed by atoms with Gasteiger partial charge in [0.05, 0.1) is 5.56 Å². The van der Waals surface area contributed by atoms with Crippen molar-refractivity contribution in [3.8, 4) is 0 Å². The minimum atomic E-state index is -0.447. The Morgan fingerprint density at radius 2 is 1.83 bits per heavy atom. The summed E-state index contributed by atoms with van der Waals surface area (Å²) in [5, 5.41) is 0. The first-order valence-corrected chi connectivity index (χ1v) is 6.39. The Bertz CT molecular complexity index is 576. The highest BCUT2D eigenvalue weighted by Gasteiger charge is 2.12. The fourth-order valence-electron chi connectivity index (χ4n) is 1.73. The van der Waals surface area contributed by atoms with Gasteiger partial charge < -0.3 is 0 Å². The Kier molecular flexibility index (Phi) is 3.92. The number of benzene rings is 2. The number of hydrogen-bond acceptors (Lipinski definition) is 1. The molecular formula is C15H12BrFO. The molecule has 0 aliphatic heterocycles. The molecule has 0 atom stereocenters. The molecular weight excluding hydrogens is 295 g/mol. The number of rotatable bonds is 3.